The van der Waals surface area contributed by atoms with E-state index in [4.69, 9.17) is 0 Å². The number of hydrogen-bond acceptors (Lipinski definition) is 3. The van der Waals surface area contributed by atoms with Gasteiger partial charge >= 0.3 is 12.4 Å². The Bertz CT molecular complexity index is 887. The van der Waals surface area contributed by atoms with Crippen molar-refractivity contribution in [2.45, 2.75) is 37.2 Å². The molecule has 0 unspecified atom stereocenters. The maximum atomic E-state index is 12.9. The number of sulfonamides is 1. The SMILES string of the molecule is CS(=O)(=O)Nc1ccc(C(F)(F)F)cc1C(=O)NC12CC(C(F)(F)F)(C1)C2. The maximum absolute atomic E-state index is 12.9. The molecule has 1 aromatic carbocycles. The van der Waals surface area contributed by atoms with Crippen LogP contribution in [0.5, 0.6) is 0 Å². The second-order valence-corrected chi connectivity index (χ2v) is 8.92. The second-order valence-electron chi connectivity index (χ2n) is 7.18. The number of amides is 1. The predicted octanol–water partition coefficient (Wildman–Crippen LogP) is 3.29. The zero-order valence-electron chi connectivity index (χ0n) is 13.8. The van der Waals surface area contributed by atoms with E-state index in [0.717, 1.165) is 12.3 Å². The number of carbonyl (C=O) groups excluding carboxylic acids is 1. The van der Waals surface area contributed by atoms with Crippen molar-refractivity contribution in [1.29, 1.82) is 0 Å². The molecule has 3 saturated carbocycles. The van der Waals surface area contributed by atoms with Crippen molar-refractivity contribution in [1.82, 2.24) is 5.32 Å². The summed E-state index contributed by atoms with van der Waals surface area (Å²) in [5.74, 6) is -1.07. The lowest BCUT2D eigenvalue weighted by molar-refractivity contribution is -0.336. The summed E-state index contributed by atoms with van der Waals surface area (Å²) in [6.07, 6.45) is -9.47. The van der Waals surface area contributed by atoms with Crippen LogP contribution in [-0.4, -0.2) is 32.3 Å². The molecular formula is C15H14F6N2O3S. The van der Waals surface area contributed by atoms with E-state index in [9.17, 15) is 39.6 Å². The first-order chi connectivity index (χ1) is 12.1. The highest BCUT2D eigenvalue weighted by molar-refractivity contribution is 7.92. The number of carbonyl (C=O) groups is 1. The van der Waals surface area contributed by atoms with Crippen LogP contribution in [0.2, 0.25) is 0 Å². The minimum Gasteiger partial charge on any atom is -0.346 e. The molecule has 3 aliphatic carbocycles. The molecule has 0 radical (unpaired) electrons. The zero-order chi connectivity index (χ0) is 20.5. The molecule has 0 aromatic heterocycles. The Hall–Kier alpha value is -1.98. The standard InChI is InChI=1S/C15H14F6N2O3S/c1-27(25,26)23-10-3-2-8(14(16,17)18)4-9(10)11(24)22-13-5-12(6-13,7-13)15(19,20)21/h2-4,23H,5-7H2,1H3,(H,22,24). The molecule has 12 heteroatoms. The van der Waals surface area contributed by atoms with Crippen LogP contribution < -0.4 is 10.0 Å². The van der Waals surface area contributed by atoms with E-state index in [-0.39, 0.29) is 24.9 Å². The van der Waals surface area contributed by atoms with E-state index >= 15 is 0 Å². The van der Waals surface area contributed by atoms with Crippen LogP contribution in [0.15, 0.2) is 18.2 Å². The Morgan fingerprint density at radius 1 is 1.07 bits per heavy atom. The van der Waals surface area contributed by atoms with Crippen molar-refractivity contribution in [2.75, 3.05) is 11.0 Å². The zero-order valence-corrected chi connectivity index (χ0v) is 14.6. The van der Waals surface area contributed by atoms with Gasteiger partial charge in [-0.25, -0.2) is 8.42 Å². The summed E-state index contributed by atoms with van der Waals surface area (Å²) >= 11 is 0. The van der Waals surface area contributed by atoms with Gasteiger partial charge in [-0.05, 0) is 37.5 Å². The molecule has 4 rings (SSSR count). The quantitative estimate of drug-likeness (QED) is 0.740. The fourth-order valence-corrected chi connectivity index (χ4v) is 4.30. The third kappa shape index (κ3) is 3.46. The summed E-state index contributed by atoms with van der Waals surface area (Å²) in [7, 11) is -3.90. The van der Waals surface area contributed by atoms with Crippen LogP contribution in [-0.2, 0) is 16.2 Å². The number of benzene rings is 1. The molecule has 0 heterocycles. The third-order valence-electron chi connectivity index (χ3n) is 4.90. The molecule has 5 nitrogen and oxygen atoms in total. The molecule has 1 aromatic rings. The number of alkyl halides is 6. The molecule has 0 atom stereocenters. The van der Waals surface area contributed by atoms with Gasteiger partial charge in [0.05, 0.1) is 28.5 Å². The lowest BCUT2D eigenvalue weighted by Crippen LogP contribution is -2.78. The van der Waals surface area contributed by atoms with Gasteiger partial charge < -0.3 is 5.32 Å². The fraction of sp³-hybridized carbons (Fsp3) is 0.533. The minimum atomic E-state index is -4.78. The fourth-order valence-electron chi connectivity index (χ4n) is 3.73. The van der Waals surface area contributed by atoms with Crippen LogP contribution in [0, 0.1) is 5.41 Å². The number of nitrogens with one attached hydrogen (secondary N) is 2. The monoisotopic (exact) mass is 416 g/mol. The average Bonchev–Trinajstić information content (AvgIpc) is 2.36. The van der Waals surface area contributed by atoms with E-state index in [1.165, 1.54) is 0 Å². The van der Waals surface area contributed by atoms with Crippen molar-refractivity contribution >= 4 is 21.6 Å². The first-order valence-corrected chi connectivity index (χ1v) is 9.53. The van der Waals surface area contributed by atoms with Gasteiger partial charge in [0.2, 0.25) is 10.0 Å². The Balaban J connectivity index is 1.85. The van der Waals surface area contributed by atoms with Gasteiger partial charge in [0.15, 0.2) is 0 Å². The molecule has 2 N–H and O–H groups in total. The van der Waals surface area contributed by atoms with Crippen molar-refractivity contribution < 1.29 is 39.6 Å². The predicted molar refractivity (Wildman–Crippen MR) is 82.4 cm³/mol. The van der Waals surface area contributed by atoms with E-state index in [2.05, 4.69) is 5.32 Å². The molecule has 3 fully saturated rings. The summed E-state index contributed by atoms with van der Waals surface area (Å²) in [5, 5.41) is 2.34. The van der Waals surface area contributed by atoms with Crippen molar-refractivity contribution in [3.05, 3.63) is 29.3 Å². The summed E-state index contributed by atoms with van der Waals surface area (Å²) in [6.45, 7) is 0. The molecule has 1 amide bonds. The normalized spacial score (nSPS) is 27.4. The first-order valence-electron chi connectivity index (χ1n) is 7.64. The van der Waals surface area contributed by atoms with Gasteiger partial charge in [-0.1, -0.05) is 0 Å². The molecule has 3 aliphatic rings. The number of hydrogen-bond donors (Lipinski definition) is 2. The van der Waals surface area contributed by atoms with Crippen molar-refractivity contribution in [3.8, 4) is 0 Å². The second kappa shape index (κ2) is 5.52. The summed E-state index contributed by atoms with van der Waals surface area (Å²) in [5.41, 5.74) is -5.15. The van der Waals surface area contributed by atoms with Gasteiger partial charge in [-0.2, -0.15) is 26.3 Å². The molecule has 2 bridgehead atoms. The van der Waals surface area contributed by atoms with Crippen molar-refractivity contribution in [2.24, 2.45) is 5.41 Å². The minimum absolute atomic E-state index is 0.344. The smallest absolute Gasteiger partial charge is 0.346 e. The van der Waals surface area contributed by atoms with Gasteiger partial charge in [-0.15, -0.1) is 0 Å². The highest BCUT2D eigenvalue weighted by Gasteiger charge is 2.79. The van der Waals surface area contributed by atoms with Gasteiger partial charge in [0.1, 0.15) is 0 Å². The summed E-state index contributed by atoms with van der Waals surface area (Å²) in [6, 6.07) is 1.86. The Morgan fingerprint density at radius 2 is 1.63 bits per heavy atom. The highest BCUT2D eigenvalue weighted by atomic mass is 32.2. The molecule has 0 aliphatic heterocycles. The average molecular weight is 416 g/mol. The van der Waals surface area contributed by atoms with Crippen molar-refractivity contribution in [3.63, 3.8) is 0 Å². The lowest BCUT2D eigenvalue weighted by Gasteiger charge is -2.70. The Morgan fingerprint density at radius 3 is 2.07 bits per heavy atom. The lowest BCUT2D eigenvalue weighted by atomic mass is 9.39. The molecule has 0 spiro atoms. The van der Waals surface area contributed by atoms with E-state index < -0.39 is 50.4 Å². The number of anilines is 1. The van der Waals surface area contributed by atoms with E-state index in [1.807, 2.05) is 4.72 Å². The number of halogens is 6. The first kappa shape index (κ1) is 19.8. The van der Waals surface area contributed by atoms with Gasteiger partial charge in [-0.3, -0.25) is 9.52 Å². The third-order valence-corrected chi connectivity index (χ3v) is 5.49. The Kier molecular flexibility index (Phi) is 4.04. The molecule has 150 valence electrons. The summed E-state index contributed by atoms with van der Waals surface area (Å²) < 4.78 is 102. The van der Waals surface area contributed by atoms with Gasteiger partial charge in [0, 0.05) is 5.54 Å². The summed E-state index contributed by atoms with van der Waals surface area (Å²) in [4.78, 5) is 12.4. The Labute approximate surface area is 150 Å². The van der Waals surface area contributed by atoms with E-state index in [0.29, 0.717) is 12.1 Å². The molecule has 27 heavy (non-hydrogen) atoms. The molecular weight excluding hydrogens is 402 g/mol. The highest BCUT2D eigenvalue weighted by Crippen LogP contribution is 2.73. The van der Waals surface area contributed by atoms with Crippen LogP contribution in [0.3, 0.4) is 0 Å². The van der Waals surface area contributed by atoms with Gasteiger partial charge in [0.25, 0.3) is 5.91 Å². The van der Waals surface area contributed by atoms with Crippen LogP contribution in [0.4, 0.5) is 32.0 Å². The maximum Gasteiger partial charge on any atom is 0.416 e. The van der Waals surface area contributed by atoms with E-state index in [1.54, 1.807) is 0 Å². The van der Waals surface area contributed by atoms with Crippen LogP contribution in [0.1, 0.15) is 35.2 Å². The van der Waals surface area contributed by atoms with Crippen LogP contribution in [0.25, 0.3) is 0 Å². The number of rotatable bonds is 4. The largest absolute Gasteiger partial charge is 0.416 e. The topological polar surface area (TPSA) is 75.3 Å². The molecule has 0 saturated heterocycles. The van der Waals surface area contributed by atoms with Crippen LogP contribution >= 0.6 is 0 Å².